The van der Waals surface area contributed by atoms with Crippen LogP contribution in [0.15, 0.2) is 0 Å². The summed E-state index contributed by atoms with van der Waals surface area (Å²) in [6, 6.07) is -3.19. The van der Waals surface area contributed by atoms with Crippen LogP contribution in [-0.4, -0.2) is 47.6 Å². The van der Waals surface area contributed by atoms with Gasteiger partial charge in [-0.3, -0.25) is 9.59 Å². The van der Waals surface area contributed by atoms with Gasteiger partial charge >= 0.3 is 11.9 Å². The molecule has 9 heteroatoms. The van der Waals surface area contributed by atoms with Gasteiger partial charge in [0.15, 0.2) is 6.04 Å². The molecule has 0 saturated carbocycles. The number of carboxylic acid groups (broad SMARTS) is 1. The Bertz CT molecular complexity index is 356. The maximum absolute atomic E-state index is 11.4. The van der Waals surface area contributed by atoms with Crippen LogP contribution in [0.1, 0.15) is 13.3 Å². The minimum atomic E-state index is -1.65. The van der Waals surface area contributed by atoms with Gasteiger partial charge in [-0.2, -0.15) is 0 Å². The number of nitrogens with one attached hydrogen (secondary N) is 1. The molecule has 1 unspecified atom stereocenters. The Hall–Kier alpha value is -2.16. The standard InChI is InChI=1S/C9H15N3O6/c1-2-18-9(17)6(11)7(14)12-4(8(15)16)3-5(10)13/h4,6H,2-3,11H2,1H3,(H2,10,13)(H,12,14)(H,15,16)/t4-,6?/m1/s1. The van der Waals surface area contributed by atoms with Crippen LogP contribution in [0.25, 0.3) is 0 Å². The van der Waals surface area contributed by atoms with E-state index in [9.17, 15) is 19.2 Å². The van der Waals surface area contributed by atoms with Crippen LogP contribution in [0, 0.1) is 0 Å². The highest BCUT2D eigenvalue weighted by atomic mass is 16.5. The predicted molar refractivity (Wildman–Crippen MR) is 58.0 cm³/mol. The van der Waals surface area contributed by atoms with Crippen molar-refractivity contribution in [2.24, 2.45) is 11.5 Å². The summed E-state index contributed by atoms with van der Waals surface area (Å²) in [6.45, 7) is 1.55. The maximum Gasteiger partial charge on any atom is 0.332 e. The summed E-state index contributed by atoms with van der Waals surface area (Å²) >= 11 is 0. The SMILES string of the molecule is CCOC(=O)C(N)C(=O)N[C@H](CC(N)=O)C(=O)O. The summed E-state index contributed by atoms with van der Waals surface area (Å²) in [6.07, 6.45) is -0.601. The molecule has 9 nitrogen and oxygen atoms in total. The van der Waals surface area contributed by atoms with E-state index in [4.69, 9.17) is 16.6 Å². The monoisotopic (exact) mass is 261 g/mol. The number of hydrogen-bond donors (Lipinski definition) is 4. The average molecular weight is 261 g/mol. The molecule has 0 heterocycles. The fourth-order valence-electron chi connectivity index (χ4n) is 1.00. The molecule has 0 aliphatic rings. The fourth-order valence-corrected chi connectivity index (χ4v) is 1.00. The Kier molecular flexibility index (Phi) is 6.35. The lowest BCUT2D eigenvalue weighted by molar-refractivity contribution is -0.150. The zero-order valence-corrected chi connectivity index (χ0v) is 9.71. The van der Waals surface area contributed by atoms with Crippen molar-refractivity contribution >= 4 is 23.8 Å². The first-order valence-electron chi connectivity index (χ1n) is 5.03. The van der Waals surface area contributed by atoms with E-state index < -0.39 is 42.3 Å². The second-order valence-corrected chi connectivity index (χ2v) is 3.30. The van der Waals surface area contributed by atoms with E-state index in [0.29, 0.717) is 0 Å². The summed E-state index contributed by atoms with van der Waals surface area (Å²) in [5, 5.41) is 10.6. The van der Waals surface area contributed by atoms with Crippen LogP contribution in [0.2, 0.25) is 0 Å². The molecule has 0 aliphatic heterocycles. The van der Waals surface area contributed by atoms with Gasteiger partial charge in [0.25, 0.3) is 0 Å². The first-order valence-corrected chi connectivity index (χ1v) is 5.03. The number of ether oxygens (including phenoxy) is 1. The summed E-state index contributed by atoms with van der Waals surface area (Å²) in [7, 11) is 0. The molecule has 0 spiro atoms. The molecule has 0 radical (unpaired) electrons. The second-order valence-electron chi connectivity index (χ2n) is 3.30. The molecule has 0 aliphatic carbocycles. The van der Waals surface area contributed by atoms with Crippen LogP contribution < -0.4 is 16.8 Å². The third-order valence-electron chi connectivity index (χ3n) is 1.84. The molecule has 18 heavy (non-hydrogen) atoms. The normalized spacial score (nSPS) is 13.2. The molecule has 0 fully saturated rings. The molecule has 0 saturated heterocycles. The second kappa shape index (κ2) is 7.22. The first-order chi connectivity index (χ1) is 8.29. The van der Waals surface area contributed by atoms with Crippen molar-refractivity contribution in [2.45, 2.75) is 25.4 Å². The Balaban J connectivity index is 4.54. The molecule has 102 valence electrons. The van der Waals surface area contributed by atoms with Crippen LogP contribution in [0.4, 0.5) is 0 Å². The van der Waals surface area contributed by atoms with Crippen molar-refractivity contribution in [3.05, 3.63) is 0 Å². The van der Waals surface area contributed by atoms with Crippen LogP contribution >= 0.6 is 0 Å². The van der Waals surface area contributed by atoms with Crippen molar-refractivity contribution in [1.82, 2.24) is 5.32 Å². The molecule has 6 N–H and O–H groups in total. The van der Waals surface area contributed by atoms with Gasteiger partial charge in [-0.25, -0.2) is 9.59 Å². The molecule has 0 aromatic heterocycles. The zero-order chi connectivity index (χ0) is 14.3. The topological polar surface area (TPSA) is 162 Å². The first kappa shape index (κ1) is 15.8. The molecule has 0 aromatic rings. The van der Waals surface area contributed by atoms with Crippen molar-refractivity contribution in [1.29, 1.82) is 0 Å². The lowest BCUT2D eigenvalue weighted by Crippen LogP contribution is -2.52. The summed E-state index contributed by atoms with van der Waals surface area (Å²) in [5.41, 5.74) is 10.0. The number of primary amides is 1. The van der Waals surface area contributed by atoms with Gasteiger partial charge in [0, 0.05) is 0 Å². The molecular formula is C9H15N3O6. The molecule has 0 rings (SSSR count). The van der Waals surface area contributed by atoms with Gasteiger partial charge in [0.2, 0.25) is 11.8 Å². The van der Waals surface area contributed by atoms with E-state index in [0.717, 1.165) is 0 Å². The Labute approximate surface area is 102 Å². The molecule has 0 aromatic carbocycles. The maximum atomic E-state index is 11.4. The van der Waals surface area contributed by atoms with E-state index in [1.54, 1.807) is 0 Å². The lowest BCUT2D eigenvalue weighted by Gasteiger charge is -2.15. The fraction of sp³-hybridized carbons (Fsp3) is 0.556. The third kappa shape index (κ3) is 5.25. The lowest BCUT2D eigenvalue weighted by atomic mass is 10.2. The van der Waals surface area contributed by atoms with Crippen LogP contribution in [0.5, 0.6) is 0 Å². The molecule has 2 amide bonds. The number of nitrogens with two attached hydrogens (primary N) is 2. The van der Waals surface area contributed by atoms with Crippen molar-refractivity contribution in [3.63, 3.8) is 0 Å². The van der Waals surface area contributed by atoms with Crippen molar-refractivity contribution in [3.8, 4) is 0 Å². The predicted octanol–water partition coefficient (Wildman–Crippen LogP) is -2.68. The number of hydrogen-bond acceptors (Lipinski definition) is 6. The number of esters is 1. The zero-order valence-electron chi connectivity index (χ0n) is 9.71. The van der Waals surface area contributed by atoms with Gasteiger partial charge in [0.1, 0.15) is 6.04 Å². The third-order valence-corrected chi connectivity index (χ3v) is 1.84. The van der Waals surface area contributed by atoms with Gasteiger partial charge in [-0.1, -0.05) is 0 Å². The Morgan fingerprint density at radius 2 is 1.89 bits per heavy atom. The molecular weight excluding hydrogens is 246 g/mol. The van der Waals surface area contributed by atoms with E-state index in [1.165, 1.54) is 6.92 Å². The van der Waals surface area contributed by atoms with E-state index in [-0.39, 0.29) is 6.61 Å². The quantitative estimate of drug-likeness (QED) is 0.286. The molecule has 2 atom stereocenters. The largest absolute Gasteiger partial charge is 0.480 e. The van der Waals surface area contributed by atoms with Gasteiger partial charge in [0.05, 0.1) is 13.0 Å². The van der Waals surface area contributed by atoms with Gasteiger partial charge in [-0.05, 0) is 6.92 Å². The highest BCUT2D eigenvalue weighted by molar-refractivity contribution is 6.03. The summed E-state index contributed by atoms with van der Waals surface area (Å²) in [4.78, 5) is 43.8. The highest BCUT2D eigenvalue weighted by Crippen LogP contribution is 1.94. The van der Waals surface area contributed by atoms with Crippen molar-refractivity contribution in [2.75, 3.05) is 6.61 Å². The smallest absolute Gasteiger partial charge is 0.332 e. The number of amides is 2. The Morgan fingerprint density at radius 1 is 1.33 bits per heavy atom. The van der Waals surface area contributed by atoms with E-state index in [1.807, 2.05) is 5.32 Å². The van der Waals surface area contributed by atoms with E-state index in [2.05, 4.69) is 4.74 Å². The highest BCUT2D eigenvalue weighted by Gasteiger charge is 2.29. The van der Waals surface area contributed by atoms with Gasteiger partial charge in [-0.15, -0.1) is 0 Å². The number of carbonyl (C=O) groups is 4. The number of carbonyl (C=O) groups excluding carboxylic acids is 3. The number of aliphatic carboxylic acids is 1. The number of rotatable bonds is 7. The average Bonchev–Trinajstić information content (AvgIpc) is 2.26. The summed E-state index contributed by atoms with van der Waals surface area (Å²) in [5.74, 6) is -4.41. The number of carboxylic acids is 1. The van der Waals surface area contributed by atoms with Crippen LogP contribution in [0.3, 0.4) is 0 Å². The van der Waals surface area contributed by atoms with Crippen molar-refractivity contribution < 1.29 is 29.0 Å². The minimum Gasteiger partial charge on any atom is -0.480 e. The molecule has 0 bridgehead atoms. The minimum absolute atomic E-state index is 0.0312. The Morgan fingerprint density at radius 3 is 2.28 bits per heavy atom. The van der Waals surface area contributed by atoms with E-state index >= 15 is 0 Å². The van der Waals surface area contributed by atoms with Gasteiger partial charge < -0.3 is 26.6 Å². The summed E-state index contributed by atoms with van der Waals surface area (Å²) < 4.78 is 4.48. The van der Waals surface area contributed by atoms with Crippen LogP contribution in [-0.2, 0) is 23.9 Å².